The van der Waals surface area contributed by atoms with E-state index >= 15 is 0 Å². The van der Waals surface area contributed by atoms with Gasteiger partial charge in [0.25, 0.3) is 0 Å². The van der Waals surface area contributed by atoms with Crippen molar-refractivity contribution in [2.24, 2.45) is 0 Å². The van der Waals surface area contributed by atoms with Gasteiger partial charge >= 0.3 is 5.97 Å². The molecule has 0 saturated heterocycles. The van der Waals surface area contributed by atoms with Crippen molar-refractivity contribution in [2.45, 2.75) is 66.2 Å². The van der Waals surface area contributed by atoms with Gasteiger partial charge in [0, 0.05) is 13.1 Å². The number of amides is 1. The van der Waals surface area contributed by atoms with Crippen LogP contribution in [0, 0.1) is 0 Å². The first kappa shape index (κ1) is 28.7. The van der Waals surface area contributed by atoms with Crippen molar-refractivity contribution in [2.75, 3.05) is 37.9 Å². The largest absolute Gasteiger partial charge is 0.464 e. The minimum Gasteiger partial charge on any atom is -0.464 e. The highest BCUT2D eigenvalue weighted by atomic mass is 31.2. The second-order valence-corrected chi connectivity index (χ2v) is 11.5. The van der Waals surface area contributed by atoms with Crippen LogP contribution in [-0.2, 0) is 30.2 Å². The fourth-order valence-electron chi connectivity index (χ4n) is 3.55. The van der Waals surface area contributed by atoms with Crippen LogP contribution in [0.25, 0.3) is 11.2 Å². The molecule has 0 saturated carbocycles. The zero-order valence-electron chi connectivity index (χ0n) is 21.5. The van der Waals surface area contributed by atoms with Crippen LogP contribution >= 0.6 is 7.29 Å². The minimum absolute atomic E-state index is 0.241. The van der Waals surface area contributed by atoms with Crippen molar-refractivity contribution in [3.63, 3.8) is 0 Å². The number of rotatable bonds is 14. The summed E-state index contributed by atoms with van der Waals surface area (Å²) in [5, 5.41) is 2.92. The number of nitrogens with zero attached hydrogens (tertiary/aromatic N) is 5. The van der Waals surface area contributed by atoms with Gasteiger partial charge in [-0.25, -0.2) is 20.0 Å². The van der Waals surface area contributed by atoms with Crippen molar-refractivity contribution in [3.8, 4) is 0 Å². The van der Waals surface area contributed by atoms with E-state index in [4.69, 9.17) is 15.2 Å². The zero-order valence-corrected chi connectivity index (χ0v) is 22.4. The Morgan fingerprint density at radius 1 is 1.23 bits per heavy atom. The fraction of sp³-hybridized carbons (Fsp3) is 0.682. The van der Waals surface area contributed by atoms with Gasteiger partial charge in [-0.1, -0.05) is 6.92 Å². The predicted molar refractivity (Wildman–Crippen MR) is 134 cm³/mol. The van der Waals surface area contributed by atoms with Crippen LogP contribution < -0.4 is 10.8 Å². The third kappa shape index (κ3) is 7.71. The molecule has 0 radical (unpaired) electrons. The van der Waals surface area contributed by atoms with Crippen molar-refractivity contribution in [1.82, 2.24) is 29.5 Å². The summed E-state index contributed by atoms with van der Waals surface area (Å²) in [5.74, 6) is -0.527. The molecule has 2 aromatic rings. The summed E-state index contributed by atoms with van der Waals surface area (Å²) in [6.07, 6.45) is 2.69. The molecule has 0 fully saturated rings. The second-order valence-electron chi connectivity index (χ2n) is 8.92. The zero-order chi connectivity index (χ0) is 26.2. The summed E-state index contributed by atoms with van der Waals surface area (Å²) >= 11 is 0. The first-order valence-corrected chi connectivity index (χ1v) is 13.9. The van der Waals surface area contributed by atoms with E-state index in [-0.39, 0.29) is 30.8 Å². The van der Waals surface area contributed by atoms with Crippen molar-refractivity contribution < 1.29 is 23.6 Å². The smallest absolute Gasteiger partial charge is 0.326 e. The first-order chi connectivity index (χ1) is 16.5. The summed E-state index contributed by atoms with van der Waals surface area (Å²) in [6, 6.07) is 0. The Kier molecular flexibility index (Phi) is 10.2. The molecule has 0 aromatic carbocycles. The topological polar surface area (TPSA) is 155 Å². The van der Waals surface area contributed by atoms with E-state index in [9.17, 15) is 14.2 Å². The van der Waals surface area contributed by atoms with Crippen molar-refractivity contribution in [1.29, 1.82) is 0 Å². The van der Waals surface area contributed by atoms with Crippen LogP contribution in [0.15, 0.2) is 12.7 Å². The Balaban J connectivity index is 2.17. The number of carbonyl (C=O) groups is 2. The minimum atomic E-state index is -3.50. The average molecular weight is 512 g/mol. The molecule has 2 heterocycles. The summed E-state index contributed by atoms with van der Waals surface area (Å²) in [4.78, 5) is 39.4. The molecule has 2 aromatic heterocycles. The van der Waals surface area contributed by atoms with E-state index in [1.54, 1.807) is 29.6 Å². The van der Waals surface area contributed by atoms with Crippen LogP contribution in [-0.4, -0.2) is 80.1 Å². The molecule has 35 heavy (non-hydrogen) atoms. The summed E-state index contributed by atoms with van der Waals surface area (Å²) in [5.41, 5.74) is 5.63. The third-order valence-corrected chi connectivity index (χ3v) is 7.70. The molecule has 13 heteroatoms. The van der Waals surface area contributed by atoms with Crippen LogP contribution in [0.1, 0.15) is 48.0 Å². The molecule has 0 aliphatic heterocycles. The monoisotopic (exact) mass is 511 g/mol. The average Bonchev–Trinajstić information content (AvgIpc) is 3.20. The van der Waals surface area contributed by atoms with Gasteiger partial charge < -0.3 is 29.2 Å². The molecule has 1 unspecified atom stereocenters. The van der Waals surface area contributed by atoms with E-state index in [1.165, 1.54) is 6.33 Å². The molecule has 0 spiro atoms. The number of carbonyl (C=O) groups excluding carboxylic acids is 2. The Morgan fingerprint density at radius 2 is 1.91 bits per heavy atom. The van der Waals surface area contributed by atoms with Gasteiger partial charge in [0.1, 0.15) is 23.7 Å². The number of esters is 1. The molecule has 3 N–H and O–H groups in total. The SMILES string of the molecule is CCCOC(=O)C(C)(C)N[P@](=O)(COC(C)Cn1cnc2c(N)ncnc21)CC(=O)N(CC)CC. The van der Waals surface area contributed by atoms with Gasteiger partial charge in [0.2, 0.25) is 5.91 Å². The van der Waals surface area contributed by atoms with Crippen LogP contribution in [0.5, 0.6) is 0 Å². The number of anilines is 1. The number of hydrogen-bond donors (Lipinski definition) is 2. The number of imidazole rings is 1. The van der Waals surface area contributed by atoms with E-state index in [1.807, 2.05) is 27.7 Å². The van der Waals surface area contributed by atoms with E-state index in [0.29, 0.717) is 37.2 Å². The lowest BCUT2D eigenvalue weighted by molar-refractivity contribution is -0.149. The predicted octanol–water partition coefficient (Wildman–Crippen LogP) is 2.24. The quantitative estimate of drug-likeness (QED) is 0.285. The van der Waals surface area contributed by atoms with E-state index in [0.717, 1.165) is 0 Å². The second kappa shape index (κ2) is 12.4. The Bertz CT molecular complexity index is 1050. The molecular weight excluding hydrogens is 473 g/mol. The molecule has 0 aliphatic rings. The van der Waals surface area contributed by atoms with Gasteiger partial charge in [-0.15, -0.1) is 0 Å². The van der Waals surface area contributed by atoms with Crippen LogP contribution in [0.3, 0.4) is 0 Å². The number of nitrogen functional groups attached to an aromatic ring is 1. The molecule has 12 nitrogen and oxygen atoms in total. The van der Waals surface area contributed by atoms with Crippen molar-refractivity contribution in [3.05, 3.63) is 12.7 Å². The summed E-state index contributed by atoms with van der Waals surface area (Å²) < 4.78 is 26.9. The molecule has 2 atom stereocenters. The van der Waals surface area contributed by atoms with E-state index < -0.39 is 24.9 Å². The Labute approximate surface area is 206 Å². The highest BCUT2D eigenvalue weighted by Gasteiger charge is 2.39. The van der Waals surface area contributed by atoms with Gasteiger partial charge in [-0.05, 0) is 41.0 Å². The van der Waals surface area contributed by atoms with Crippen LogP contribution in [0.2, 0.25) is 0 Å². The van der Waals surface area contributed by atoms with Gasteiger partial charge in [-0.2, -0.15) is 0 Å². The summed E-state index contributed by atoms with van der Waals surface area (Å²) in [7, 11) is -3.50. The maximum Gasteiger partial charge on any atom is 0.326 e. The maximum absolute atomic E-state index is 14.0. The Hall–Kier alpha value is -2.56. The van der Waals surface area contributed by atoms with Crippen molar-refractivity contribution >= 4 is 36.2 Å². The molecular formula is C22H38N7O5P. The highest BCUT2D eigenvalue weighted by molar-refractivity contribution is 7.62. The number of aromatic nitrogens is 4. The molecule has 0 aliphatic carbocycles. The highest BCUT2D eigenvalue weighted by Crippen LogP contribution is 2.44. The van der Waals surface area contributed by atoms with Gasteiger partial charge in [0.05, 0.1) is 31.7 Å². The number of fused-ring (bicyclic) bond motifs is 1. The lowest BCUT2D eigenvalue weighted by Gasteiger charge is -2.31. The van der Waals surface area contributed by atoms with Gasteiger partial charge in [-0.3, -0.25) is 9.59 Å². The molecule has 1 amide bonds. The molecule has 2 rings (SSSR count). The van der Waals surface area contributed by atoms with Crippen LogP contribution in [0.4, 0.5) is 5.82 Å². The number of nitrogens with two attached hydrogens (primary N) is 1. The van der Waals surface area contributed by atoms with E-state index in [2.05, 4.69) is 20.0 Å². The normalized spacial score (nSPS) is 14.5. The number of hydrogen-bond acceptors (Lipinski definition) is 9. The maximum atomic E-state index is 14.0. The first-order valence-electron chi connectivity index (χ1n) is 11.8. The molecule has 0 bridgehead atoms. The van der Waals surface area contributed by atoms with Gasteiger partial charge in [0.15, 0.2) is 18.8 Å². The standard InChI is InChI=1S/C22H38N7O5P/c1-7-10-33-21(31)22(5,6)27-35(32,12-17(30)28(8-2)9-3)15-34-16(4)11-29-14-26-18-19(23)24-13-25-20(18)29/h13-14,16H,7-12,15H2,1-6H3,(H,27,32)(H2,23,24,25)/t16?,35-/m1/s1. The lowest BCUT2D eigenvalue weighted by atomic mass is 10.1. The number of ether oxygens (including phenoxy) is 2. The fourth-order valence-corrected chi connectivity index (χ4v) is 6.03. The third-order valence-electron chi connectivity index (χ3n) is 5.39. The lowest BCUT2D eigenvalue weighted by Crippen LogP contribution is -2.48. The number of nitrogens with one attached hydrogen (secondary N) is 1. The molecule has 196 valence electrons. The Morgan fingerprint density at radius 3 is 2.54 bits per heavy atom. The summed E-state index contributed by atoms with van der Waals surface area (Å²) in [6.45, 7) is 12.2.